The van der Waals surface area contributed by atoms with Crippen molar-refractivity contribution < 1.29 is 14.7 Å². The lowest BCUT2D eigenvalue weighted by Crippen LogP contribution is -2.38. The van der Waals surface area contributed by atoms with Crippen LogP contribution in [0, 0.1) is 18.8 Å². The van der Waals surface area contributed by atoms with Gasteiger partial charge in [0.05, 0.1) is 17.9 Å². The summed E-state index contributed by atoms with van der Waals surface area (Å²) in [5, 5.41) is 9.20. The number of carboxylic acids is 1. The highest BCUT2D eigenvalue weighted by Crippen LogP contribution is 2.35. The number of hydrogen-bond acceptors (Lipinski definition) is 3. The zero-order chi connectivity index (χ0) is 14.9. The quantitative estimate of drug-likeness (QED) is 0.928. The molecule has 1 aliphatic carbocycles. The highest BCUT2D eigenvalue weighted by molar-refractivity contribution is 7.12. The minimum Gasteiger partial charge on any atom is -0.481 e. The second-order valence-electron chi connectivity index (χ2n) is 5.56. The fraction of sp³-hybridized carbons (Fsp3) is 0.600. The van der Waals surface area contributed by atoms with Gasteiger partial charge in [0.2, 0.25) is 5.91 Å². The molecule has 2 rings (SSSR count). The van der Waals surface area contributed by atoms with Crippen molar-refractivity contribution in [2.45, 2.75) is 39.2 Å². The summed E-state index contributed by atoms with van der Waals surface area (Å²) in [5.41, 5.74) is 0. The maximum atomic E-state index is 12.5. The van der Waals surface area contributed by atoms with Gasteiger partial charge in [-0.3, -0.25) is 9.59 Å². The Balaban J connectivity index is 2.10. The Hall–Kier alpha value is -1.36. The van der Waals surface area contributed by atoms with Gasteiger partial charge in [-0.25, -0.2) is 0 Å². The van der Waals surface area contributed by atoms with Gasteiger partial charge < -0.3 is 10.0 Å². The Labute approximate surface area is 123 Å². The lowest BCUT2D eigenvalue weighted by atomic mass is 9.94. The van der Waals surface area contributed by atoms with Crippen molar-refractivity contribution in [1.82, 2.24) is 4.90 Å². The molecule has 0 bridgehead atoms. The predicted molar refractivity (Wildman–Crippen MR) is 78.7 cm³/mol. The van der Waals surface area contributed by atoms with Crippen LogP contribution in [0.3, 0.4) is 0 Å². The second-order valence-corrected chi connectivity index (χ2v) is 6.88. The molecule has 110 valence electrons. The molecule has 1 heterocycles. The van der Waals surface area contributed by atoms with E-state index in [0.29, 0.717) is 12.8 Å². The zero-order valence-corrected chi connectivity index (χ0v) is 12.9. The molecule has 0 saturated heterocycles. The van der Waals surface area contributed by atoms with Gasteiger partial charge in [-0.1, -0.05) is 6.42 Å². The topological polar surface area (TPSA) is 57.6 Å². The molecule has 0 spiro atoms. The molecule has 1 aromatic heterocycles. The highest BCUT2D eigenvalue weighted by Gasteiger charge is 2.39. The third-order valence-corrected chi connectivity index (χ3v) is 5.42. The molecule has 5 heteroatoms. The zero-order valence-electron chi connectivity index (χ0n) is 12.1. The molecule has 1 fully saturated rings. The maximum Gasteiger partial charge on any atom is 0.307 e. The monoisotopic (exact) mass is 295 g/mol. The molecule has 1 N–H and O–H groups in total. The van der Waals surface area contributed by atoms with Crippen LogP contribution in [-0.2, 0) is 9.59 Å². The SMILES string of the molecule is Cc1ccc(C(C)N(C)C(=O)C2CCCC2C(=O)O)s1. The van der Waals surface area contributed by atoms with Crippen molar-refractivity contribution in [1.29, 1.82) is 0 Å². The first-order valence-electron chi connectivity index (χ1n) is 6.97. The number of carboxylic acid groups (broad SMARTS) is 1. The summed E-state index contributed by atoms with van der Waals surface area (Å²) < 4.78 is 0. The molecule has 1 saturated carbocycles. The van der Waals surface area contributed by atoms with Crippen LogP contribution in [0.25, 0.3) is 0 Å². The van der Waals surface area contributed by atoms with E-state index in [1.807, 2.05) is 26.0 Å². The summed E-state index contributed by atoms with van der Waals surface area (Å²) in [6.07, 6.45) is 2.14. The summed E-state index contributed by atoms with van der Waals surface area (Å²) in [6, 6.07) is 4.08. The van der Waals surface area contributed by atoms with Gasteiger partial charge in [-0.05, 0) is 38.8 Å². The highest BCUT2D eigenvalue weighted by atomic mass is 32.1. The van der Waals surface area contributed by atoms with E-state index in [2.05, 4.69) is 0 Å². The van der Waals surface area contributed by atoms with E-state index in [4.69, 9.17) is 0 Å². The van der Waals surface area contributed by atoms with Crippen molar-refractivity contribution in [3.63, 3.8) is 0 Å². The van der Waals surface area contributed by atoms with E-state index in [1.54, 1.807) is 23.3 Å². The summed E-state index contributed by atoms with van der Waals surface area (Å²) in [6.45, 7) is 4.04. The van der Waals surface area contributed by atoms with Gasteiger partial charge >= 0.3 is 5.97 Å². The molecule has 20 heavy (non-hydrogen) atoms. The van der Waals surface area contributed by atoms with Crippen LogP contribution in [-0.4, -0.2) is 28.9 Å². The van der Waals surface area contributed by atoms with Crippen LogP contribution in [0.1, 0.15) is 42.0 Å². The van der Waals surface area contributed by atoms with Gasteiger partial charge in [-0.15, -0.1) is 11.3 Å². The van der Waals surface area contributed by atoms with E-state index < -0.39 is 11.9 Å². The van der Waals surface area contributed by atoms with E-state index >= 15 is 0 Å². The molecule has 3 unspecified atom stereocenters. The van der Waals surface area contributed by atoms with Crippen molar-refractivity contribution in [2.75, 3.05) is 7.05 Å². The molecule has 3 atom stereocenters. The van der Waals surface area contributed by atoms with Gasteiger partial charge in [0.25, 0.3) is 0 Å². The average molecular weight is 295 g/mol. The number of aliphatic carboxylic acids is 1. The Kier molecular flexibility index (Phi) is 4.48. The van der Waals surface area contributed by atoms with E-state index in [-0.39, 0.29) is 17.9 Å². The summed E-state index contributed by atoms with van der Waals surface area (Å²) in [5.74, 6) is -1.74. The summed E-state index contributed by atoms with van der Waals surface area (Å²) in [4.78, 5) is 27.8. The van der Waals surface area contributed by atoms with E-state index in [9.17, 15) is 14.7 Å². The lowest BCUT2D eigenvalue weighted by Gasteiger charge is -2.28. The number of carbonyl (C=O) groups excluding carboxylic acids is 1. The van der Waals surface area contributed by atoms with Gasteiger partial charge in [0, 0.05) is 16.8 Å². The average Bonchev–Trinajstić information content (AvgIpc) is 3.04. The Morgan fingerprint density at radius 3 is 2.55 bits per heavy atom. The van der Waals surface area contributed by atoms with Crippen LogP contribution >= 0.6 is 11.3 Å². The van der Waals surface area contributed by atoms with Crippen molar-refractivity contribution in [2.24, 2.45) is 11.8 Å². The Morgan fingerprint density at radius 1 is 1.35 bits per heavy atom. The number of thiophene rings is 1. The molecular weight excluding hydrogens is 274 g/mol. The van der Waals surface area contributed by atoms with Gasteiger partial charge in [0.15, 0.2) is 0 Å². The fourth-order valence-corrected chi connectivity index (χ4v) is 3.85. The summed E-state index contributed by atoms with van der Waals surface area (Å²) >= 11 is 1.68. The van der Waals surface area contributed by atoms with E-state index in [0.717, 1.165) is 11.3 Å². The minimum absolute atomic E-state index is 0.00348. The molecule has 1 aliphatic rings. The van der Waals surface area contributed by atoms with Crippen molar-refractivity contribution in [3.05, 3.63) is 21.9 Å². The number of nitrogens with zero attached hydrogens (tertiary/aromatic N) is 1. The molecule has 1 amide bonds. The standard InChI is InChI=1S/C15H21NO3S/c1-9-7-8-13(20-9)10(2)16(3)14(17)11-5-4-6-12(11)15(18)19/h7-8,10-12H,4-6H2,1-3H3,(H,18,19). The maximum absolute atomic E-state index is 12.5. The first-order valence-corrected chi connectivity index (χ1v) is 7.79. The third-order valence-electron chi connectivity index (χ3n) is 4.25. The smallest absolute Gasteiger partial charge is 0.307 e. The third kappa shape index (κ3) is 2.87. The van der Waals surface area contributed by atoms with Gasteiger partial charge in [-0.2, -0.15) is 0 Å². The number of aryl methyl sites for hydroxylation is 1. The Morgan fingerprint density at radius 2 is 2.00 bits per heavy atom. The predicted octanol–water partition coefficient (Wildman–Crippen LogP) is 3.08. The van der Waals surface area contributed by atoms with Crippen LogP contribution in [0.15, 0.2) is 12.1 Å². The van der Waals surface area contributed by atoms with Crippen molar-refractivity contribution >= 4 is 23.2 Å². The number of rotatable bonds is 4. The first kappa shape index (κ1) is 15.0. The first-order chi connectivity index (χ1) is 9.41. The molecule has 1 aromatic rings. The normalized spacial score (nSPS) is 23.6. The second kappa shape index (κ2) is 5.95. The number of hydrogen-bond donors (Lipinski definition) is 1. The summed E-state index contributed by atoms with van der Waals surface area (Å²) in [7, 11) is 1.78. The molecule has 4 nitrogen and oxygen atoms in total. The molecular formula is C15H21NO3S. The molecule has 0 aromatic carbocycles. The Bertz CT molecular complexity index is 511. The van der Waals surface area contributed by atoms with Crippen LogP contribution in [0.4, 0.5) is 0 Å². The number of amides is 1. The number of carbonyl (C=O) groups is 2. The van der Waals surface area contributed by atoms with Crippen molar-refractivity contribution in [3.8, 4) is 0 Å². The van der Waals surface area contributed by atoms with E-state index in [1.165, 1.54) is 4.88 Å². The van der Waals surface area contributed by atoms with Crippen LogP contribution in [0.5, 0.6) is 0 Å². The molecule has 0 radical (unpaired) electrons. The minimum atomic E-state index is -0.839. The van der Waals surface area contributed by atoms with Crippen LogP contribution < -0.4 is 0 Å². The molecule has 0 aliphatic heterocycles. The lowest BCUT2D eigenvalue weighted by molar-refractivity contribution is -0.149. The largest absolute Gasteiger partial charge is 0.481 e. The fourth-order valence-electron chi connectivity index (χ4n) is 2.87. The van der Waals surface area contributed by atoms with Crippen LogP contribution in [0.2, 0.25) is 0 Å². The van der Waals surface area contributed by atoms with Gasteiger partial charge in [0.1, 0.15) is 0 Å².